The van der Waals surface area contributed by atoms with Crippen molar-refractivity contribution in [2.75, 3.05) is 10.9 Å². The molecule has 43 heavy (non-hydrogen) atoms. The number of benzene rings is 4. The summed E-state index contributed by atoms with van der Waals surface area (Å²) >= 11 is 36.7. The number of imide groups is 2. The molecular formula is C28H12Cl6N4O5. The minimum atomic E-state index is -0.677. The van der Waals surface area contributed by atoms with E-state index >= 15 is 0 Å². The van der Waals surface area contributed by atoms with Gasteiger partial charge in [0.15, 0.2) is 0 Å². The Morgan fingerprint density at radius 3 is 1.14 bits per heavy atom. The van der Waals surface area contributed by atoms with Crippen molar-refractivity contribution in [3.63, 3.8) is 0 Å². The van der Waals surface area contributed by atoms with Crippen LogP contribution in [0.25, 0.3) is 0 Å². The Kier molecular flexibility index (Phi) is 7.58. The molecule has 0 saturated heterocycles. The first-order valence-electron chi connectivity index (χ1n) is 12.0. The third-order valence-electron chi connectivity index (χ3n) is 6.41. The van der Waals surface area contributed by atoms with Crippen molar-refractivity contribution in [1.82, 2.24) is 10.0 Å². The maximum atomic E-state index is 13.1. The Hall–Kier alpha value is -3.70. The minimum Gasteiger partial charge on any atom is -0.457 e. The molecule has 2 aliphatic rings. The zero-order valence-electron chi connectivity index (χ0n) is 21.0. The smallest absolute Gasteiger partial charge is 0.280 e. The third-order valence-corrected chi connectivity index (χ3v) is 8.04. The highest BCUT2D eigenvalue weighted by Crippen LogP contribution is 2.38. The monoisotopic (exact) mass is 694 g/mol. The van der Waals surface area contributed by atoms with Gasteiger partial charge in [0.2, 0.25) is 0 Å². The van der Waals surface area contributed by atoms with E-state index in [1.54, 1.807) is 0 Å². The van der Waals surface area contributed by atoms with Gasteiger partial charge in [0.25, 0.3) is 23.6 Å². The lowest BCUT2D eigenvalue weighted by Crippen LogP contribution is -2.35. The van der Waals surface area contributed by atoms with Crippen LogP contribution in [0.5, 0.6) is 11.5 Å². The molecular weight excluding hydrogens is 685 g/mol. The second kappa shape index (κ2) is 11.1. The third kappa shape index (κ3) is 5.22. The maximum Gasteiger partial charge on any atom is 0.280 e. The Morgan fingerprint density at radius 1 is 0.465 bits per heavy atom. The lowest BCUT2D eigenvalue weighted by Gasteiger charge is -2.18. The number of amides is 4. The van der Waals surface area contributed by atoms with Crippen molar-refractivity contribution in [1.29, 1.82) is 0 Å². The fourth-order valence-corrected chi connectivity index (χ4v) is 6.23. The molecule has 0 unspecified atom stereocenters. The molecule has 216 valence electrons. The maximum absolute atomic E-state index is 13.1. The summed E-state index contributed by atoms with van der Waals surface area (Å²) in [4.78, 5) is 52.2. The average molecular weight is 697 g/mol. The van der Waals surface area contributed by atoms with Crippen LogP contribution in [0.15, 0.2) is 60.7 Å². The normalized spacial score (nSPS) is 13.9. The molecule has 0 atom stereocenters. The van der Waals surface area contributed by atoms with Crippen molar-refractivity contribution in [3.8, 4) is 11.5 Å². The lowest BCUT2D eigenvalue weighted by atomic mass is 10.1. The number of ether oxygens (including phenoxy) is 1. The van der Waals surface area contributed by atoms with Crippen molar-refractivity contribution >= 4 is 105 Å². The fourth-order valence-electron chi connectivity index (χ4n) is 4.43. The Labute approximate surface area is 272 Å². The van der Waals surface area contributed by atoms with Gasteiger partial charge in [0.05, 0.1) is 53.7 Å². The number of carbonyl (C=O) groups excluding carboxylic acids is 4. The number of hydrazine groups is 2. The van der Waals surface area contributed by atoms with Crippen LogP contribution in [0.4, 0.5) is 11.4 Å². The largest absolute Gasteiger partial charge is 0.457 e. The summed E-state index contributed by atoms with van der Waals surface area (Å²) in [5.74, 6) is -2.24. The Morgan fingerprint density at radius 2 is 0.791 bits per heavy atom. The van der Waals surface area contributed by atoms with Gasteiger partial charge < -0.3 is 4.74 Å². The van der Waals surface area contributed by atoms with Gasteiger partial charge in [-0.15, -0.1) is 0 Å². The van der Waals surface area contributed by atoms with Crippen molar-refractivity contribution in [3.05, 3.63) is 113 Å². The minimum absolute atomic E-state index is 0.0516. The number of carbonyl (C=O) groups is 4. The molecule has 0 radical (unpaired) electrons. The van der Waals surface area contributed by atoms with E-state index in [9.17, 15) is 19.2 Å². The molecule has 6 rings (SSSR count). The standard InChI is InChI=1S/C28H12Cl6N4O5/c29-11-5-19(31)23(20(32)6-11)35-37-25(39)15-3-1-13(9-17(15)27(37)41)43-14-2-4-16-18(10-14)28(42)38(26(16)40)36-24-21(33)7-12(30)8-22(24)34/h1-10,35-36H. The molecule has 0 fully saturated rings. The van der Waals surface area contributed by atoms with Gasteiger partial charge >= 0.3 is 0 Å². The molecule has 0 aromatic heterocycles. The quantitative estimate of drug-likeness (QED) is 0.194. The number of hydrogen-bond donors (Lipinski definition) is 2. The summed E-state index contributed by atoms with van der Waals surface area (Å²) in [5, 5.41) is 2.54. The number of anilines is 2. The van der Waals surface area contributed by atoms with E-state index < -0.39 is 23.6 Å². The first-order valence-corrected chi connectivity index (χ1v) is 14.3. The SMILES string of the molecule is O=C1c2ccc(Oc3ccc4c(c3)C(=O)N(Nc3c(Cl)cc(Cl)cc3Cl)C4=O)cc2C(=O)N1Nc1c(Cl)cc(Cl)cc1Cl. The van der Waals surface area contributed by atoms with Gasteiger partial charge in [-0.3, -0.25) is 30.0 Å². The number of fused-ring (bicyclic) bond motifs is 2. The van der Waals surface area contributed by atoms with Crippen LogP contribution in [0.1, 0.15) is 41.4 Å². The van der Waals surface area contributed by atoms with Gasteiger partial charge in [-0.1, -0.05) is 69.6 Å². The van der Waals surface area contributed by atoms with Gasteiger partial charge in [0.1, 0.15) is 11.5 Å². The lowest BCUT2D eigenvalue weighted by molar-refractivity contribution is 0.0676. The zero-order chi connectivity index (χ0) is 30.7. The summed E-state index contributed by atoms with van der Waals surface area (Å²) in [6.45, 7) is 0. The highest BCUT2D eigenvalue weighted by atomic mass is 35.5. The molecule has 0 bridgehead atoms. The van der Waals surface area contributed by atoms with Crippen LogP contribution < -0.4 is 15.6 Å². The Bertz CT molecular complexity index is 1750. The number of nitrogens with one attached hydrogen (secondary N) is 2. The fraction of sp³-hybridized carbons (Fsp3) is 0. The summed E-state index contributed by atoms with van der Waals surface area (Å²) in [6, 6.07) is 14.2. The van der Waals surface area contributed by atoms with E-state index in [2.05, 4.69) is 10.9 Å². The van der Waals surface area contributed by atoms with E-state index in [4.69, 9.17) is 74.3 Å². The molecule has 2 heterocycles. The molecule has 15 heteroatoms. The van der Waals surface area contributed by atoms with Crippen molar-refractivity contribution in [2.45, 2.75) is 0 Å². The van der Waals surface area contributed by atoms with Crippen molar-refractivity contribution in [2.24, 2.45) is 0 Å². The molecule has 2 N–H and O–H groups in total. The van der Waals surface area contributed by atoms with E-state index in [1.807, 2.05) is 0 Å². The molecule has 4 aromatic rings. The van der Waals surface area contributed by atoms with Gasteiger partial charge in [-0.05, 0) is 60.7 Å². The zero-order valence-corrected chi connectivity index (χ0v) is 25.5. The number of rotatable bonds is 6. The van der Waals surface area contributed by atoms with Gasteiger partial charge in [-0.25, -0.2) is 0 Å². The summed E-state index contributed by atoms with van der Waals surface area (Å²) in [5.41, 5.74) is 5.89. The molecule has 0 aliphatic carbocycles. The number of halogens is 6. The molecule has 2 aliphatic heterocycles. The molecule has 0 spiro atoms. The van der Waals surface area contributed by atoms with Crippen LogP contribution in [0.2, 0.25) is 30.1 Å². The number of hydrogen-bond acceptors (Lipinski definition) is 7. The second-order valence-electron chi connectivity index (χ2n) is 9.12. The highest BCUT2D eigenvalue weighted by molar-refractivity contribution is 6.43. The summed E-state index contributed by atoms with van der Waals surface area (Å²) < 4.78 is 5.89. The first-order chi connectivity index (χ1) is 20.4. The van der Waals surface area contributed by atoms with Crippen LogP contribution in [-0.4, -0.2) is 33.6 Å². The first kappa shape index (κ1) is 29.4. The van der Waals surface area contributed by atoms with Gasteiger partial charge in [0, 0.05) is 10.0 Å². The summed E-state index contributed by atoms with van der Waals surface area (Å²) in [7, 11) is 0. The van der Waals surface area contributed by atoms with Crippen LogP contribution >= 0.6 is 69.6 Å². The topological polar surface area (TPSA) is 108 Å². The highest BCUT2D eigenvalue weighted by Gasteiger charge is 2.38. The van der Waals surface area contributed by atoms with Crippen LogP contribution in [0.3, 0.4) is 0 Å². The van der Waals surface area contributed by atoms with Gasteiger partial charge in [-0.2, -0.15) is 10.0 Å². The summed E-state index contributed by atoms with van der Waals surface area (Å²) in [6.07, 6.45) is 0. The average Bonchev–Trinajstić information content (AvgIpc) is 3.31. The van der Waals surface area contributed by atoms with E-state index in [0.717, 1.165) is 10.0 Å². The molecule has 0 saturated carbocycles. The van der Waals surface area contributed by atoms with Crippen LogP contribution in [-0.2, 0) is 0 Å². The number of nitrogens with zero attached hydrogens (tertiary/aromatic N) is 2. The molecule has 4 aromatic carbocycles. The van der Waals surface area contributed by atoms with Crippen LogP contribution in [0, 0.1) is 0 Å². The van der Waals surface area contributed by atoms with E-state index in [0.29, 0.717) is 0 Å². The van der Waals surface area contributed by atoms with E-state index in [1.165, 1.54) is 60.7 Å². The Balaban J connectivity index is 1.22. The van der Waals surface area contributed by atoms with E-state index in [-0.39, 0.29) is 75.3 Å². The van der Waals surface area contributed by atoms with Crippen molar-refractivity contribution < 1.29 is 23.9 Å². The molecule has 9 nitrogen and oxygen atoms in total. The predicted molar refractivity (Wildman–Crippen MR) is 164 cm³/mol. The predicted octanol–water partition coefficient (Wildman–Crippen LogP) is 8.65. The molecule has 4 amide bonds. The second-order valence-corrected chi connectivity index (χ2v) is 11.6.